The van der Waals surface area contributed by atoms with E-state index >= 15 is 0 Å². The largest absolute Gasteiger partial charge is 0.395 e. The number of hydrogen-bond acceptors (Lipinski definition) is 3. The van der Waals surface area contributed by atoms with E-state index in [0.29, 0.717) is 16.1 Å². The third kappa shape index (κ3) is 2.84. The Kier molecular flexibility index (Phi) is 4.36. The molecule has 0 spiro atoms. The molecule has 0 unspecified atom stereocenters. The van der Waals surface area contributed by atoms with Crippen molar-refractivity contribution in [1.29, 1.82) is 5.26 Å². The minimum atomic E-state index is -0.351. The summed E-state index contributed by atoms with van der Waals surface area (Å²) in [6.45, 7) is 1.77. The molecule has 3 atom stereocenters. The maximum atomic E-state index is 14.2. The summed E-state index contributed by atoms with van der Waals surface area (Å²) in [6.07, 6.45) is 0. The SMILES string of the molecule is Cc1cc(F)c(-c2ccc([C@H]3[C@H](C#N)N[C@H]3CO)cc2)c(Cl)c1. The number of halogens is 2. The number of nitrogens with one attached hydrogen (secondary N) is 1. The fraction of sp³-hybridized carbons (Fsp3) is 0.278. The highest BCUT2D eigenvalue weighted by atomic mass is 35.5. The van der Waals surface area contributed by atoms with Crippen LogP contribution in [0.5, 0.6) is 0 Å². The molecule has 0 aromatic heterocycles. The second-order valence-corrected chi connectivity index (χ2v) is 6.22. The van der Waals surface area contributed by atoms with Crippen molar-refractivity contribution in [2.45, 2.75) is 24.9 Å². The molecule has 0 aliphatic carbocycles. The van der Waals surface area contributed by atoms with Gasteiger partial charge in [-0.15, -0.1) is 0 Å². The van der Waals surface area contributed by atoms with Crippen molar-refractivity contribution in [3.8, 4) is 17.2 Å². The van der Waals surface area contributed by atoms with E-state index < -0.39 is 0 Å². The zero-order valence-corrected chi connectivity index (χ0v) is 13.3. The summed E-state index contributed by atoms with van der Waals surface area (Å²) in [4.78, 5) is 0. The van der Waals surface area contributed by atoms with E-state index in [2.05, 4.69) is 11.4 Å². The number of aliphatic hydroxyl groups is 1. The van der Waals surface area contributed by atoms with Crippen molar-refractivity contribution in [2.24, 2.45) is 0 Å². The quantitative estimate of drug-likeness (QED) is 0.907. The van der Waals surface area contributed by atoms with Gasteiger partial charge in [0.05, 0.1) is 17.7 Å². The molecule has 1 heterocycles. The molecular formula is C18H16ClFN2O. The van der Waals surface area contributed by atoms with Crippen LogP contribution in [-0.4, -0.2) is 23.8 Å². The van der Waals surface area contributed by atoms with E-state index in [-0.39, 0.29) is 30.4 Å². The van der Waals surface area contributed by atoms with E-state index in [0.717, 1.165) is 11.1 Å². The Balaban J connectivity index is 1.93. The predicted molar refractivity (Wildman–Crippen MR) is 87.7 cm³/mol. The van der Waals surface area contributed by atoms with E-state index in [4.69, 9.17) is 16.9 Å². The van der Waals surface area contributed by atoms with Crippen molar-refractivity contribution in [3.05, 3.63) is 58.4 Å². The molecule has 2 aromatic carbocycles. The lowest BCUT2D eigenvalue weighted by atomic mass is 9.78. The fourth-order valence-electron chi connectivity index (χ4n) is 3.11. The van der Waals surface area contributed by atoms with Gasteiger partial charge in [-0.05, 0) is 35.7 Å². The molecule has 2 aromatic rings. The topological polar surface area (TPSA) is 56.0 Å². The Hall–Kier alpha value is -1.93. The van der Waals surface area contributed by atoms with Crippen LogP contribution in [0.1, 0.15) is 17.0 Å². The fourth-order valence-corrected chi connectivity index (χ4v) is 3.48. The van der Waals surface area contributed by atoms with Crippen LogP contribution in [0.3, 0.4) is 0 Å². The van der Waals surface area contributed by atoms with Crippen molar-refractivity contribution >= 4 is 11.6 Å². The number of aliphatic hydroxyl groups excluding tert-OH is 1. The van der Waals surface area contributed by atoms with E-state index in [1.807, 2.05) is 12.1 Å². The Labute approximate surface area is 139 Å². The molecule has 3 nitrogen and oxygen atoms in total. The molecule has 0 bridgehead atoms. The summed E-state index contributed by atoms with van der Waals surface area (Å²) in [7, 11) is 0. The van der Waals surface area contributed by atoms with Gasteiger partial charge in [-0.3, -0.25) is 5.32 Å². The van der Waals surface area contributed by atoms with Crippen LogP contribution in [0, 0.1) is 24.1 Å². The van der Waals surface area contributed by atoms with Crippen LogP contribution < -0.4 is 5.32 Å². The molecule has 0 amide bonds. The van der Waals surface area contributed by atoms with Gasteiger partial charge in [-0.1, -0.05) is 35.9 Å². The maximum absolute atomic E-state index is 14.2. The van der Waals surface area contributed by atoms with Gasteiger partial charge >= 0.3 is 0 Å². The van der Waals surface area contributed by atoms with Gasteiger partial charge in [0.15, 0.2) is 0 Å². The summed E-state index contributed by atoms with van der Waals surface area (Å²) in [5.41, 5.74) is 2.79. The minimum absolute atomic E-state index is 0.0248. The average molecular weight is 331 g/mol. The van der Waals surface area contributed by atoms with Crippen molar-refractivity contribution < 1.29 is 9.50 Å². The summed E-state index contributed by atoms with van der Waals surface area (Å²) in [6, 6.07) is 12.3. The first-order valence-corrected chi connectivity index (χ1v) is 7.75. The molecule has 0 saturated carbocycles. The number of benzene rings is 2. The van der Waals surface area contributed by atoms with E-state index in [1.165, 1.54) is 6.07 Å². The average Bonchev–Trinajstić information content (AvgIpc) is 2.48. The van der Waals surface area contributed by atoms with Gasteiger partial charge < -0.3 is 5.11 Å². The lowest BCUT2D eigenvalue weighted by Gasteiger charge is -2.42. The smallest absolute Gasteiger partial charge is 0.132 e. The van der Waals surface area contributed by atoms with Crippen molar-refractivity contribution in [2.75, 3.05) is 6.61 Å². The van der Waals surface area contributed by atoms with Crippen molar-refractivity contribution in [3.63, 3.8) is 0 Å². The summed E-state index contributed by atoms with van der Waals surface area (Å²) >= 11 is 6.18. The number of rotatable bonds is 3. The molecule has 3 rings (SSSR count). The lowest BCUT2D eigenvalue weighted by molar-refractivity contribution is 0.151. The van der Waals surface area contributed by atoms with Crippen LogP contribution >= 0.6 is 11.6 Å². The number of nitrogens with zero attached hydrogens (tertiary/aromatic N) is 1. The second kappa shape index (κ2) is 6.29. The van der Waals surface area contributed by atoms with Gasteiger partial charge in [-0.2, -0.15) is 5.26 Å². The number of nitriles is 1. The zero-order valence-electron chi connectivity index (χ0n) is 12.6. The van der Waals surface area contributed by atoms with Gasteiger partial charge in [0, 0.05) is 17.5 Å². The normalized spacial score (nSPS) is 23.2. The highest BCUT2D eigenvalue weighted by molar-refractivity contribution is 6.33. The zero-order chi connectivity index (χ0) is 16.6. The van der Waals surface area contributed by atoms with Crippen LogP contribution in [0.25, 0.3) is 11.1 Å². The molecule has 5 heteroatoms. The highest BCUT2D eigenvalue weighted by Crippen LogP contribution is 2.35. The first-order valence-electron chi connectivity index (χ1n) is 7.37. The second-order valence-electron chi connectivity index (χ2n) is 5.81. The third-order valence-corrected chi connectivity index (χ3v) is 4.59. The molecular weight excluding hydrogens is 315 g/mol. The van der Waals surface area contributed by atoms with Crippen LogP contribution in [0.4, 0.5) is 4.39 Å². The number of aryl methyl sites for hydroxylation is 1. The van der Waals surface area contributed by atoms with Gasteiger partial charge in [-0.25, -0.2) is 4.39 Å². The first-order chi connectivity index (χ1) is 11.0. The van der Waals surface area contributed by atoms with Gasteiger partial charge in [0.1, 0.15) is 11.9 Å². The highest BCUT2D eigenvalue weighted by Gasteiger charge is 2.41. The van der Waals surface area contributed by atoms with Gasteiger partial charge in [0.25, 0.3) is 0 Å². The molecule has 1 aliphatic rings. The Morgan fingerprint density at radius 2 is 2.00 bits per heavy atom. The summed E-state index contributed by atoms with van der Waals surface area (Å²) in [5.74, 6) is -0.409. The predicted octanol–water partition coefficient (Wildman–Crippen LogP) is 3.39. The molecule has 1 fully saturated rings. The first kappa shape index (κ1) is 15.9. The Bertz CT molecular complexity index is 747. The number of hydrogen-bond donors (Lipinski definition) is 2. The van der Waals surface area contributed by atoms with Crippen LogP contribution in [-0.2, 0) is 0 Å². The van der Waals surface area contributed by atoms with Crippen LogP contribution in [0.15, 0.2) is 36.4 Å². The van der Waals surface area contributed by atoms with E-state index in [9.17, 15) is 9.50 Å². The lowest BCUT2D eigenvalue weighted by Crippen LogP contribution is -2.60. The molecule has 1 saturated heterocycles. The molecule has 1 aliphatic heterocycles. The minimum Gasteiger partial charge on any atom is -0.395 e. The monoisotopic (exact) mass is 330 g/mol. The summed E-state index contributed by atoms with van der Waals surface area (Å²) < 4.78 is 14.2. The Morgan fingerprint density at radius 3 is 2.57 bits per heavy atom. The summed E-state index contributed by atoms with van der Waals surface area (Å²) in [5, 5.41) is 21.8. The third-order valence-electron chi connectivity index (χ3n) is 4.29. The molecule has 0 radical (unpaired) electrons. The van der Waals surface area contributed by atoms with E-state index in [1.54, 1.807) is 25.1 Å². The van der Waals surface area contributed by atoms with Crippen LogP contribution in [0.2, 0.25) is 5.02 Å². The molecule has 2 N–H and O–H groups in total. The standard InChI is InChI=1S/C18H16ClFN2O/c1-10-6-13(19)17(14(20)7-10)11-2-4-12(5-3-11)18-15(8-21)22-16(18)9-23/h2-7,15-16,18,22-23H,9H2,1H3/t15-,16-,18-/m0/s1. The van der Waals surface area contributed by atoms with Crippen molar-refractivity contribution in [1.82, 2.24) is 5.32 Å². The Morgan fingerprint density at radius 1 is 1.30 bits per heavy atom. The molecule has 118 valence electrons. The molecule has 23 heavy (non-hydrogen) atoms. The maximum Gasteiger partial charge on any atom is 0.132 e. The van der Waals surface area contributed by atoms with Gasteiger partial charge in [0.2, 0.25) is 0 Å².